The molecule has 0 unspecified atom stereocenters. The average Bonchev–Trinajstić information content (AvgIpc) is 2.38. The van der Waals surface area contributed by atoms with E-state index in [-0.39, 0.29) is 0 Å². The lowest BCUT2D eigenvalue weighted by Crippen LogP contribution is -2.47. The number of hydrogen-bond donors (Lipinski definition) is 0. The fourth-order valence-corrected chi connectivity index (χ4v) is 2.62. The summed E-state index contributed by atoms with van der Waals surface area (Å²) in [5, 5.41) is 0.835. The highest BCUT2D eigenvalue weighted by Gasteiger charge is 2.16. The molecule has 2 rings (SSSR count). The molecule has 0 spiro atoms. The smallest absolute Gasteiger partial charge is 0.0409 e. The Morgan fingerprint density at radius 2 is 1.79 bits per heavy atom. The van der Waals surface area contributed by atoms with Crippen LogP contribution in [0.25, 0.3) is 0 Å². The van der Waals surface area contributed by atoms with E-state index < -0.39 is 0 Å². The predicted molar refractivity (Wildman–Crippen MR) is 81.7 cm³/mol. The van der Waals surface area contributed by atoms with Gasteiger partial charge < -0.3 is 4.90 Å². The molecule has 106 valence electrons. The molecule has 1 aromatic carbocycles. The summed E-state index contributed by atoms with van der Waals surface area (Å²) < 4.78 is 0. The molecule has 0 saturated carbocycles. The third kappa shape index (κ3) is 5.11. The fourth-order valence-electron chi connectivity index (χ4n) is 2.41. The number of hydrogen-bond acceptors (Lipinski definition) is 3. The van der Waals surface area contributed by atoms with Crippen molar-refractivity contribution in [3.8, 4) is 0 Å². The van der Waals surface area contributed by atoms with Crippen molar-refractivity contribution in [2.75, 3.05) is 53.4 Å². The molecule has 3 nitrogen and oxygen atoms in total. The van der Waals surface area contributed by atoms with E-state index in [0.717, 1.165) is 31.2 Å². The summed E-state index contributed by atoms with van der Waals surface area (Å²) in [5.74, 6) is 0. The molecule has 1 fully saturated rings. The first-order valence-electron chi connectivity index (χ1n) is 6.97. The summed E-state index contributed by atoms with van der Waals surface area (Å²) in [6.07, 6.45) is 0. The first kappa shape index (κ1) is 14.8. The zero-order valence-electron chi connectivity index (χ0n) is 12.0. The van der Waals surface area contributed by atoms with E-state index >= 15 is 0 Å². The van der Waals surface area contributed by atoms with Crippen LogP contribution < -0.4 is 0 Å². The lowest BCUT2D eigenvalue weighted by atomic mass is 10.2. The lowest BCUT2D eigenvalue weighted by molar-refractivity contribution is 0.120. The Morgan fingerprint density at radius 1 is 1.11 bits per heavy atom. The van der Waals surface area contributed by atoms with E-state index in [9.17, 15) is 0 Å². The molecule has 0 radical (unpaired) electrons. The van der Waals surface area contributed by atoms with Gasteiger partial charge in [-0.1, -0.05) is 23.7 Å². The van der Waals surface area contributed by atoms with E-state index in [0.29, 0.717) is 0 Å². The quantitative estimate of drug-likeness (QED) is 0.818. The molecule has 0 amide bonds. The van der Waals surface area contributed by atoms with Gasteiger partial charge in [-0.15, -0.1) is 0 Å². The van der Waals surface area contributed by atoms with Gasteiger partial charge in [0.2, 0.25) is 0 Å². The minimum absolute atomic E-state index is 0.835. The van der Waals surface area contributed by atoms with Crippen molar-refractivity contribution in [3.05, 3.63) is 34.9 Å². The third-order valence-corrected chi connectivity index (χ3v) is 3.86. The number of halogens is 1. The Hall–Kier alpha value is -0.610. The maximum atomic E-state index is 6.03. The Morgan fingerprint density at radius 3 is 2.42 bits per heavy atom. The molecule has 4 heteroatoms. The van der Waals surface area contributed by atoms with Crippen molar-refractivity contribution in [2.45, 2.75) is 6.54 Å². The SMILES string of the molecule is CN(C)CCN1CCN(Cc2cccc(Cl)c2)CC1. The summed E-state index contributed by atoms with van der Waals surface area (Å²) in [6.45, 7) is 8.00. The summed E-state index contributed by atoms with van der Waals surface area (Å²) in [4.78, 5) is 7.31. The van der Waals surface area contributed by atoms with Crippen LogP contribution in [0.1, 0.15) is 5.56 Å². The van der Waals surface area contributed by atoms with Gasteiger partial charge in [-0.25, -0.2) is 0 Å². The van der Waals surface area contributed by atoms with E-state index in [1.165, 1.54) is 25.2 Å². The van der Waals surface area contributed by atoms with Gasteiger partial charge in [-0.3, -0.25) is 9.80 Å². The highest BCUT2D eigenvalue weighted by Crippen LogP contribution is 2.13. The van der Waals surface area contributed by atoms with Crippen molar-refractivity contribution in [1.29, 1.82) is 0 Å². The fraction of sp³-hybridized carbons (Fsp3) is 0.600. The summed E-state index contributed by atoms with van der Waals surface area (Å²) in [6, 6.07) is 8.19. The van der Waals surface area contributed by atoms with Crippen LogP contribution in [0.5, 0.6) is 0 Å². The monoisotopic (exact) mass is 281 g/mol. The zero-order valence-corrected chi connectivity index (χ0v) is 12.7. The maximum absolute atomic E-state index is 6.03. The van der Waals surface area contributed by atoms with Crippen molar-refractivity contribution >= 4 is 11.6 Å². The van der Waals surface area contributed by atoms with Crippen LogP contribution in [0.15, 0.2) is 24.3 Å². The van der Waals surface area contributed by atoms with Gasteiger partial charge in [-0.2, -0.15) is 0 Å². The number of piperazine rings is 1. The second kappa shape index (κ2) is 7.25. The molecule has 0 bridgehead atoms. The van der Waals surface area contributed by atoms with Gasteiger partial charge in [0.05, 0.1) is 0 Å². The molecule has 19 heavy (non-hydrogen) atoms. The van der Waals surface area contributed by atoms with E-state index in [1.54, 1.807) is 0 Å². The molecular weight excluding hydrogens is 258 g/mol. The Bertz CT molecular complexity index is 387. The van der Waals surface area contributed by atoms with Crippen molar-refractivity contribution in [2.24, 2.45) is 0 Å². The summed E-state index contributed by atoms with van der Waals surface area (Å²) in [5.41, 5.74) is 1.31. The molecule has 1 heterocycles. The van der Waals surface area contributed by atoms with Crippen LogP contribution >= 0.6 is 11.6 Å². The highest BCUT2D eigenvalue weighted by molar-refractivity contribution is 6.30. The zero-order chi connectivity index (χ0) is 13.7. The second-order valence-corrected chi connectivity index (χ2v) is 5.99. The molecule has 1 aliphatic heterocycles. The summed E-state index contributed by atoms with van der Waals surface area (Å²) in [7, 11) is 4.27. The second-order valence-electron chi connectivity index (χ2n) is 5.55. The van der Waals surface area contributed by atoms with E-state index in [2.05, 4.69) is 40.9 Å². The molecule has 1 aliphatic rings. The van der Waals surface area contributed by atoms with Crippen LogP contribution in [0.3, 0.4) is 0 Å². The number of likely N-dealkylation sites (N-methyl/N-ethyl adjacent to an activating group) is 1. The minimum Gasteiger partial charge on any atom is -0.308 e. The van der Waals surface area contributed by atoms with Crippen LogP contribution in [0.4, 0.5) is 0 Å². The standard InChI is InChI=1S/C15H24ClN3/c1-17(2)6-7-18-8-10-19(11-9-18)13-14-4-3-5-15(16)12-14/h3-5,12H,6-11,13H2,1-2H3. The van der Waals surface area contributed by atoms with Gasteiger partial charge in [0.25, 0.3) is 0 Å². The van der Waals surface area contributed by atoms with Crippen molar-refractivity contribution in [1.82, 2.24) is 14.7 Å². The van der Waals surface area contributed by atoms with E-state index in [1.807, 2.05) is 12.1 Å². The summed E-state index contributed by atoms with van der Waals surface area (Å²) >= 11 is 6.03. The van der Waals surface area contributed by atoms with Crippen LogP contribution in [-0.2, 0) is 6.54 Å². The normalized spacial score (nSPS) is 18.1. The first-order valence-corrected chi connectivity index (χ1v) is 7.35. The number of nitrogens with zero attached hydrogens (tertiary/aromatic N) is 3. The Labute approximate surface area is 121 Å². The maximum Gasteiger partial charge on any atom is 0.0409 e. The van der Waals surface area contributed by atoms with Crippen molar-refractivity contribution < 1.29 is 0 Å². The first-order chi connectivity index (χ1) is 9.13. The van der Waals surface area contributed by atoms with Gasteiger partial charge in [0.1, 0.15) is 0 Å². The lowest BCUT2D eigenvalue weighted by Gasteiger charge is -2.35. The van der Waals surface area contributed by atoms with Crippen LogP contribution in [0.2, 0.25) is 5.02 Å². The van der Waals surface area contributed by atoms with Crippen molar-refractivity contribution in [3.63, 3.8) is 0 Å². The minimum atomic E-state index is 0.835. The Kier molecular flexibility index (Phi) is 5.64. The van der Waals surface area contributed by atoms with Crippen LogP contribution in [0, 0.1) is 0 Å². The van der Waals surface area contributed by atoms with E-state index in [4.69, 9.17) is 11.6 Å². The third-order valence-electron chi connectivity index (χ3n) is 3.62. The molecule has 0 atom stereocenters. The molecule has 0 aliphatic carbocycles. The highest BCUT2D eigenvalue weighted by atomic mass is 35.5. The molecular formula is C15H24ClN3. The largest absolute Gasteiger partial charge is 0.308 e. The molecule has 1 aromatic rings. The molecule has 0 aromatic heterocycles. The predicted octanol–water partition coefficient (Wildman–Crippen LogP) is 2.02. The topological polar surface area (TPSA) is 9.72 Å². The van der Waals surface area contributed by atoms with Gasteiger partial charge in [0.15, 0.2) is 0 Å². The molecule has 0 N–H and O–H groups in total. The molecule has 1 saturated heterocycles. The van der Waals surface area contributed by atoms with Crippen LogP contribution in [-0.4, -0.2) is 68.1 Å². The van der Waals surface area contributed by atoms with Gasteiger partial charge in [-0.05, 0) is 31.8 Å². The van der Waals surface area contributed by atoms with Gasteiger partial charge >= 0.3 is 0 Å². The number of rotatable bonds is 5. The average molecular weight is 282 g/mol. The van der Waals surface area contributed by atoms with Gasteiger partial charge in [0, 0.05) is 50.8 Å². The Balaban J connectivity index is 1.74. The number of benzene rings is 1.